The summed E-state index contributed by atoms with van der Waals surface area (Å²) in [6.45, 7) is 7.42. The highest BCUT2D eigenvalue weighted by atomic mass is 16.5. The molecule has 3 rings (SSSR count). The fraction of sp³-hybridized carbons (Fsp3) is 0.619. The van der Waals surface area contributed by atoms with Gasteiger partial charge in [0.15, 0.2) is 0 Å². The van der Waals surface area contributed by atoms with Crippen LogP contribution in [-0.2, 0) is 32.2 Å². The summed E-state index contributed by atoms with van der Waals surface area (Å²) in [5.41, 5.74) is 0.508. The van der Waals surface area contributed by atoms with Crippen molar-refractivity contribution in [3.05, 3.63) is 71.6 Å². The highest BCUT2D eigenvalue weighted by Gasteiger charge is 2.23. The van der Waals surface area contributed by atoms with Gasteiger partial charge in [0.2, 0.25) is 0 Å². The van der Waals surface area contributed by atoms with Gasteiger partial charge >= 0.3 is 11.9 Å². The van der Waals surface area contributed by atoms with E-state index in [1.807, 2.05) is 24.3 Å². The van der Waals surface area contributed by atoms with Gasteiger partial charge in [0, 0.05) is 13.2 Å². The number of carbonyl (C=O) groups excluding carboxylic acids is 2. The summed E-state index contributed by atoms with van der Waals surface area (Å²) >= 11 is 0. The third-order valence-electron chi connectivity index (χ3n) is 8.60. The van der Waals surface area contributed by atoms with Crippen molar-refractivity contribution in [1.29, 1.82) is 0 Å². The molecule has 52 heavy (non-hydrogen) atoms. The fourth-order valence-electron chi connectivity index (χ4n) is 5.77. The Balaban J connectivity index is 1.32. The summed E-state index contributed by atoms with van der Waals surface area (Å²) in [4.78, 5) is 25.8. The van der Waals surface area contributed by atoms with Gasteiger partial charge in [-0.25, -0.2) is 9.59 Å². The predicted octanol–water partition coefficient (Wildman–Crippen LogP) is 10.7. The molecule has 1 aromatic carbocycles. The van der Waals surface area contributed by atoms with Crippen LogP contribution in [0.1, 0.15) is 149 Å². The number of furan rings is 2. The number of unbranched alkanes of at least 4 members (excludes halogenated alkanes) is 14. The van der Waals surface area contributed by atoms with Gasteiger partial charge in [0.05, 0.1) is 39.0 Å². The molecule has 2 aromatic heterocycles. The van der Waals surface area contributed by atoms with Crippen molar-refractivity contribution in [1.82, 2.24) is 0 Å². The largest absolute Gasteiger partial charge is 0.493 e. The Hall–Kier alpha value is -3.76. The zero-order valence-electron chi connectivity index (χ0n) is 31.7. The molecular weight excluding hydrogens is 664 g/mol. The van der Waals surface area contributed by atoms with E-state index in [2.05, 4.69) is 0 Å². The van der Waals surface area contributed by atoms with E-state index in [0.29, 0.717) is 37.9 Å². The van der Waals surface area contributed by atoms with Crippen molar-refractivity contribution in [3.63, 3.8) is 0 Å². The number of carbonyl (C=O) groups is 2. The number of benzene rings is 1. The molecule has 0 fully saturated rings. The minimum Gasteiger partial charge on any atom is -0.493 e. The molecule has 0 radical (unpaired) electrons. The van der Waals surface area contributed by atoms with E-state index in [9.17, 15) is 9.59 Å². The van der Waals surface area contributed by atoms with Gasteiger partial charge in [-0.3, -0.25) is 0 Å². The molecule has 0 N–H and O–H groups in total. The van der Waals surface area contributed by atoms with Gasteiger partial charge in [0.1, 0.15) is 47.4 Å². The van der Waals surface area contributed by atoms with E-state index < -0.39 is 11.9 Å². The summed E-state index contributed by atoms with van der Waals surface area (Å²) in [5.74, 6) is 1.34. The van der Waals surface area contributed by atoms with Crippen molar-refractivity contribution >= 4 is 11.9 Å². The number of rotatable bonds is 32. The molecule has 10 heteroatoms. The molecule has 290 valence electrons. The SMILES string of the molecule is CCOC(=O)c1cc(OCCCCCCCCCCOCc2ccco2)c(C(=O)OCC)cc1OCCCCCCCCCCOCc1ccco1. The Bertz CT molecular complexity index is 1220. The second kappa shape index (κ2) is 27.8. The van der Waals surface area contributed by atoms with Crippen LogP contribution in [0.4, 0.5) is 0 Å². The molecule has 0 bridgehead atoms. The molecule has 0 saturated heterocycles. The molecule has 0 saturated carbocycles. The van der Waals surface area contributed by atoms with Crippen molar-refractivity contribution in [3.8, 4) is 11.5 Å². The van der Waals surface area contributed by atoms with Crippen LogP contribution in [0, 0.1) is 0 Å². The fourth-order valence-corrected chi connectivity index (χ4v) is 5.77. The van der Waals surface area contributed by atoms with Crippen LogP contribution in [0.15, 0.2) is 57.8 Å². The number of esters is 2. The molecule has 0 aliphatic rings. The molecule has 2 heterocycles. The van der Waals surface area contributed by atoms with E-state index in [0.717, 1.165) is 88.9 Å². The third-order valence-corrected chi connectivity index (χ3v) is 8.60. The van der Waals surface area contributed by atoms with E-state index >= 15 is 0 Å². The summed E-state index contributed by atoms with van der Waals surface area (Å²) in [6.07, 6.45) is 20.9. The normalized spacial score (nSPS) is 11.1. The van der Waals surface area contributed by atoms with Crippen molar-refractivity contribution in [2.75, 3.05) is 39.6 Å². The first-order valence-corrected chi connectivity index (χ1v) is 19.6. The highest BCUT2D eigenvalue weighted by Crippen LogP contribution is 2.31. The molecule has 0 unspecified atom stereocenters. The molecule has 0 spiro atoms. The number of ether oxygens (including phenoxy) is 6. The lowest BCUT2D eigenvalue weighted by Gasteiger charge is -2.16. The maximum Gasteiger partial charge on any atom is 0.342 e. The smallest absolute Gasteiger partial charge is 0.342 e. The van der Waals surface area contributed by atoms with Gasteiger partial charge in [-0.1, -0.05) is 77.0 Å². The maximum atomic E-state index is 12.9. The molecule has 0 aliphatic heterocycles. The van der Waals surface area contributed by atoms with Crippen molar-refractivity contribution in [2.45, 2.75) is 130 Å². The van der Waals surface area contributed by atoms with Crippen LogP contribution >= 0.6 is 0 Å². The zero-order chi connectivity index (χ0) is 36.9. The quantitative estimate of drug-likeness (QED) is 0.0454. The summed E-state index contributed by atoms with van der Waals surface area (Å²) in [7, 11) is 0. The van der Waals surface area contributed by atoms with Crippen molar-refractivity contribution in [2.24, 2.45) is 0 Å². The van der Waals surface area contributed by atoms with Crippen LogP contribution in [0.2, 0.25) is 0 Å². The second-order valence-electron chi connectivity index (χ2n) is 12.9. The molecule has 0 atom stereocenters. The van der Waals surface area contributed by atoms with E-state index in [1.165, 1.54) is 38.5 Å². The third kappa shape index (κ3) is 18.1. The zero-order valence-corrected chi connectivity index (χ0v) is 31.7. The Morgan fingerprint density at radius 3 is 1.17 bits per heavy atom. The lowest BCUT2D eigenvalue weighted by Crippen LogP contribution is -2.14. The maximum absolute atomic E-state index is 12.9. The number of hydrogen-bond acceptors (Lipinski definition) is 10. The first-order chi connectivity index (χ1) is 25.6. The van der Waals surface area contributed by atoms with Gasteiger partial charge in [-0.15, -0.1) is 0 Å². The van der Waals surface area contributed by atoms with Gasteiger partial charge in [0.25, 0.3) is 0 Å². The van der Waals surface area contributed by atoms with Crippen LogP contribution in [0.3, 0.4) is 0 Å². The van der Waals surface area contributed by atoms with Crippen LogP contribution in [0.5, 0.6) is 11.5 Å². The van der Waals surface area contributed by atoms with Gasteiger partial charge in [-0.2, -0.15) is 0 Å². The van der Waals surface area contributed by atoms with Gasteiger partial charge in [-0.05, 0) is 75.9 Å². The summed E-state index contributed by atoms with van der Waals surface area (Å²) in [5, 5.41) is 0. The predicted molar refractivity (Wildman–Crippen MR) is 200 cm³/mol. The average molecular weight is 727 g/mol. The molecule has 3 aromatic rings. The lowest BCUT2D eigenvalue weighted by molar-refractivity contribution is 0.0503. The Morgan fingerprint density at radius 2 is 0.846 bits per heavy atom. The first-order valence-electron chi connectivity index (χ1n) is 19.6. The van der Waals surface area contributed by atoms with Crippen LogP contribution < -0.4 is 9.47 Å². The Morgan fingerprint density at radius 1 is 0.500 bits per heavy atom. The Labute approximate surface area is 310 Å². The van der Waals surface area contributed by atoms with E-state index in [-0.39, 0.29) is 24.3 Å². The summed E-state index contributed by atoms with van der Waals surface area (Å²) in [6, 6.07) is 10.7. The van der Waals surface area contributed by atoms with Crippen LogP contribution in [-0.4, -0.2) is 51.6 Å². The average Bonchev–Trinajstić information content (AvgIpc) is 3.87. The van der Waals surface area contributed by atoms with E-state index in [1.54, 1.807) is 38.5 Å². The minimum absolute atomic E-state index is 0.228. The molecule has 0 amide bonds. The van der Waals surface area contributed by atoms with Crippen LogP contribution in [0.25, 0.3) is 0 Å². The highest BCUT2D eigenvalue weighted by molar-refractivity contribution is 5.98. The van der Waals surface area contributed by atoms with Gasteiger partial charge < -0.3 is 37.3 Å². The number of hydrogen-bond donors (Lipinski definition) is 0. The molecular formula is C42H62O10. The molecule has 10 nitrogen and oxygen atoms in total. The monoisotopic (exact) mass is 726 g/mol. The lowest BCUT2D eigenvalue weighted by atomic mass is 10.1. The minimum atomic E-state index is -0.506. The Kier molecular flexibility index (Phi) is 22.8. The first kappa shape index (κ1) is 42.7. The topological polar surface area (TPSA) is 116 Å². The second-order valence-corrected chi connectivity index (χ2v) is 12.9. The van der Waals surface area contributed by atoms with Crippen molar-refractivity contribution < 1.29 is 46.8 Å². The molecule has 0 aliphatic carbocycles. The van der Waals surface area contributed by atoms with E-state index in [4.69, 9.17) is 37.3 Å². The summed E-state index contributed by atoms with van der Waals surface area (Å²) < 4.78 is 44.6. The standard InChI is InChI=1S/C42H62O10/c1-3-47-41(43)37-31-40(52-28-20-16-12-8-6-10-14-18-26-46-34-36-24-22-30-50-36)38(42(44)48-4-2)32-39(37)51-27-19-15-11-7-5-9-13-17-25-45-33-35-23-21-29-49-35/h21-24,29-32H,3-20,25-28,33-34H2,1-2H3.